The molecule has 1 aliphatic heterocycles. The number of hydrogen-bond donors (Lipinski definition) is 3. The van der Waals surface area contributed by atoms with E-state index in [0.717, 1.165) is 90.7 Å². The van der Waals surface area contributed by atoms with Gasteiger partial charge in [-0.05, 0) is 116 Å². The number of esters is 1. The molecule has 14 nitrogen and oxygen atoms in total. The summed E-state index contributed by atoms with van der Waals surface area (Å²) in [5.74, 6) is -0.730. The van der Waals surface area contributed by atoms with Crippen LogP contribution in [0, 0.1) is 13.8 Å². The molecule has 2 heterocycles. The molecule has 2 aromatic carbocycles. The third kappa shape index (κ3) is 14.3. The van der Waals surface area contributed by atoms with Gasteiger partial charge in [0.1, 0.15) is 24.5 Å². The number of phenols is 1. The monoisotopic (exact) mass is 1050 g/mol. The van der Waals surface area contributed by atoms with Crippen molar-refractivity contribution in [2.24, 2.45) is 0 Å². The molecule has 1 saturated heterocycles. The number of rotatable bonds is 27. The maximum atomic E-state index is 14.9. The second-order valence-electron chi connectivity index (χ2n) is 20.0. The van der Waals surface area contributed by atoms with Crippen LogP contribution in [0.4, 0.5) is 0 Å². The fourth-order valence-corrected chi connectivity index (χ4v) is 20.7. The Morgan fingerprint density at radius 1 is 0.831 bits per heavy atom. The van der Waals surface area contributed by atoms with Gasteiger partial charge in [0.25, 0.3) is 5.91 Å². The van der Waals surface area contributed by atoms with E-state index in [2.05, 4.69) is 83.3 Å². The normalized spacial score (nSPS) is 21.1. The second-order valence-corrected chi connectivity index (χ2v) is 35.5. The highest BCUT2D eigenvalue weighted by atomic mass is 32.2. The van der Waals surface area contributed by atoms with Crippen molar-refractivity contribution in [1.82, 2.24) is 25.6 Å². The fourth-order valence-electron chi connectivity index (χ4n) is 10.8. The van der Waals surface area contributed by atoms with E-state index in [1.807, 2.05) is 36.5 Å². The summed E-state index contributed by atoms with van der Waals surface area (Å²) in [5, 5.41) is 26.4. The lowest BCUT2D eigenvalue weighted by Gasteiger charge is -2.53. The molecule has 0 spiro atoms. The van der Waals surface area contributed by atoms with Gasteiger partial charge >= 0.3 is 5.97 Å². The van der Waals surface area contributed by atoms with Gasteiger partial charge in [0, 0.05) is 35.5 Å². The van der Waals surface area contributed by atoms with Crippen molar-refractivity contribution in [3.05, 3.63) is 71.0 Å². The number of aromatic nitrogens is 3. The zero-order valence-corrected chi connectivity index (χ0v) is 48.9. The Labute approximate surface area is 432 Å². The van der Waals surface area contributed by atoms with Gasteiger partial charge in [-0.2, -0.15) is 0 Å². The average Bonchev–Trinajstić information content (AvgIpc) is 3.87. The first kappa shape index (κ1) is 58.5. The van der Waals surface area contributed by atoms with Crippen molar-refractivity contribution >= 4 is 54.5 Å². The minimum Gasteiger partial charge on any atom is -0.507 e. The summed E-state index contributed by atoms with van der Waals surface area (Å²) in [6.45, 7) is 23.1. The van der Waals surface area contributed by atoms with E-state index in [1.54, 1.807) is 30.7 Å². The number of carbonyl (C=O) groups is 3. The molecule has 0 bridgehead atoms. The zero-order valence-electron chi connectivity index (χ0n) is 45.1. The number of aryl methyl sites for hydroxylation is 2. The van der Waals surface area contributed by atoms with Crippen LogP contribution in [0.5, 0.6) is 5.75 Å². The van der Waals surface area contributed by atoms with Gasteiger partial charge in [0.15, 0.2) is 25.0 Å². The van der Waals surface area contributed by atoms with Crippen molar-refractivity contribution < 1.29 is 42.2 Å². The fraction of sp³-hybridized carbons (Fsp3) is 0.679. The number of nitrogens with zero attached hydrogens (tertiary/aromatic N) is 3. The summed E-state index contributed by atoms with van der Waals surface area (Å²) in [6.07, 6.45) is 4.14. The molecule has 5 rings (SSSR count). The van der Waals surface area contributed by atoms with Crippen LogP contribution >= 0.6 is 11.8 Å². The molecule has 1 saturated carbocycles. The molecule has 396 valence electrons. The summed E-state index contributed by atoms with van der Waals surface area (Å²) in [6, 6.07) is 19.5. The highest BCUT2D eigenvalue weighted by Gasteiger charge is 2.59. The van der Waals surface area contributed by atoms with Crippen LogP contribution in [0.2, 0.25) is 54.4 Å². The molecule has 1 aromatic heterocycles. The molecule has 2 amide bonds. The topological polar surface area (TPSA) is 172 Å². The van der Waals surface area contributed by atoms with Crippen LogP contribution in [0.15, 0.2) is 53.6 Å². The highest BCUT2D eigenvalue weighted by molar-refractivity contribution is 8.01. The number of benzene rings is 2. The third-order valence-corrected chi connectivity index (χ3v) is 31.4. The maximum absolute atomic E-state index is 14.9. The van der Waals surface area contributed by atoms with E-state index in [1.165, 1.54) is 25.3 Å². The Morgan fingerprint density at radius 2 is 1.39 bits per heavy atom. The summed E-state index contributed by atoms with van der Waals surface area (Å²) in [7, 11) is -6.30. The van der Waals surface area contributed by atoms with E-state index >= 15 is 0 Å². The van der Waals surface area contributed by atoms with E-state index in [0.29, 0.717) is 22.6 Å². The number of thioether (sulfide) groups is 1. The number of hydrogen-bond acceptors (Lipinski definition) is 12. The Hall–Kier alpha value is -3.37. The third-order valence-electron chi connectivity index (χ3n) is 16.2. The van der Waals surface area contributed by atoms with E-state index in [9.17, 15) is 19.5 Å². The summed E-state index contributed by atoms with van der Waals surface area (Å²) in [5.41, 5.74) is 2.52. The highest BCUT2D eigenvalue weighted by Crippen LogP contribution is 2.48. The summed E-state index contributed by atoms with van der Waals surface area (Å²) < 4.78 is 38.0. The molecule has 3 N–H and O–H groups in total. The van der Waals surface area contributed by atoms with Crippen LogP contribution in [-0.2, 0) is 38.9 Å². The Balaban J connectivity index is 1.77. The van der Waals surface area contributed by atoms with Gasteiger partial charge in [-0.1, -0.05) is 117 Å². The van der Waals surface area contributed by atoms with Crippen LogP contribution in [0.25, 0.3) is 0 Å². The number of aromatic hydroxyl groups is 1. The van der Waals surface area contributed by atoms with Gasteiger partial charge in [-0.3, -0.25) is 9.59 Å². The molecular weight excluding hydrogens is 967 g/mol. The molecule has 18 heteroatoms. The van der Waals surface area contributed by atoms with Gasteiger partial charge in [0.05, 0.1) is 31.1 Å². The van der Waals surface area contributed by atoms with E-state index < -0.39 is 66.3 Å². The molecule has 0 radical (unpaired) electrons. The van der Waals surface area contributed by atoms with Crippen molar-refractivity contribution in [2.75, 3.05) is 13.7 Å². The quantitative estimate of drug-likeness (QED) is 0.0488. The molecule has 6 atom stereocenters. The number of phenolic OH excluding ortho intramolecular Hbond substituents is 1. The van der Waals surface area contributed by atoms with Gasteiger partial charge in [-0.15, -0.1) is 5.10 Å². The lowest BCUT2D eigenvalue weighted by Crippen LogP contribution is -2.70. The number of carbonyl (C=O) groups excluding carboxylic acids is 3. The van der Waals surface area contributed by atoms with Crippen LogP contribution in [0.3, 0.4) is 0 Å². The molecular formula is C53H87N5O9SSi3. The van der Waals surface area contributed by atoms with Gasteiger partial charge < -0.3 is 38.5 Å². The predicted molar refractivity (Wildman–Crippen MR) is 290 cm³/mol. The lowest BCUT2D eigenvalue weighted by atomic mass is 9.87. The Bertz CT molecular complexity index is 2120. The first-order valence-corrected chi connectivity index (χ1v) is 35.2. The standard InChI is InChI=1S/C53H87N5O9SSi3/c1-13-69(14-2,15-3)65-44-34-53(52(62)63-12,68-42-30-26-23-27-31-42)64-50(47(44)55-46(59)37-58-36-43(56-57-58)40-28-24-22-25-29-40)49(67-71(19-7,20-8)21-9)45(66-70(16-4,17-5)18-6)35-54-51(61)41-32-38(10)48(60)39(11)33-41/h23,26-27,30-33,36,40,44-45,47,49-50,60H,13-22,24-25,28-29,34-35,37H2,1-12H3,(H,54,61)(H,55,59)/t44?,45-,47?,49-,50?,53?/m1/s1. The van der Waals surface area contributed by atoms with Gasteiger partial charge in [0.2, 0.25) is 10.8 Å². The lowest BCUT2D eigenvalue weighted by molar-refractivity contribution is -0.200. The largest absolute Gasteiger partial charge is 0.507 e. The Kier molecular flexibility index (Phi) is 22.0. The summed E-state index contributed by atoms with van der Waals surface area (Å²) >= 11 is 1.29. The number of methoxy groups -OCH3 is 1. The number of nitrogens with one attached hydrogen (secondary N) is 2. The van der Waals surface area contributed by atoms with Crippen molar-refractivity contribution in [3.8, 4) is 5.75 Å². The minimum atomic E-state index is -2.64. The first-order valence-electron chi connectivity index (χ1n) is 26.8. The molecule has 3 aromatic rings. The molecule has 1 aliphatic carbocycles. The van der Waals surface area contributed by atoms with E-state index in [4.69, 9.17) is 22.8 Å². The van der Waals surface area contributed by atoms with Gasteiger partial charge in [-0.25, -0.2) is 9.48 Å². The summed E-state index contributed by atoms with van der Waals surface area (Å²) in [4.78, 5) is 43.3. The molecule has 4 unspecified atom stereocenters. The van der Waals surface area contributed by atoms with Crippen molar-refractivity contribution in [2.45, 2.75) is 222 Å². The molecule has 2 aliphatic rings. The number of ether oxygens (including phenoxy) is 2. The zero-order chi connectivity index (χ0) is 52.0. The Morgan fingerprint density at radius 3 is 1.94 bits per heavy atom. The van der Waals surface area contributed by atoms with Crippen LogP contribution in [0.1, 0.15) is 134 Å². The van der Waals surface area contributed by atoms with Crippen molar-refractivity contribution in [1.29, 1.82) is 0 Å². The van der Waals surface area contributed by atoms with Crippen LogP contribution in [-0.4, -0.2) is 112 Å². The van der Waals surface area contributed by atoms with Crippen LogP contribution < -0.4 is 10.6 Å². The van der Waals surface area contributed by atoms with E-state index in [-0.39, 0.29) is 37.1 Å². The molecule has 2 fully saturated rings. The smallest absolute Gasteiger partial charge is 0.349 e. The SMILES string of the molecule is CC[Si](CC)(CC)OC1CC(Sc2ccccc2)(C(=O)OC)OC([C@H](O[Si](CC)(CC)CC)[C@@H](CNC(=O)c2cc(C)c(O)c(C)c2)O[Si](CC)(CC)CC)C1NC(=O)Cn1cc(C2CCCCC2)nn1. The minimum absolute atomic E-state index is 0.0441. The van der Waals surface area contributed by atoms with Crippen molar-refractivity contribution in [3.63, 3.8) is 0 Å². The maximum Gasteiger partial charge on any atom is 0.349 e. The number of amides is 2. The second kappa shape index (κ2) is 26.7. The predicted octanol–water partition coefficient (Wildman–Crippen LogP) is 11.2. The first-order chi connectivity index (χ1) is 34.0. The molecule has 71 heavy (non-hydrogen) atoms. The average molecular weight is 1050 g/mol.